The smallest absolute Gasteiger partial charge is 0.123 e. The number of rotatable bonds is 4. The van der Waals surface area contributed by atoms with Crippen LogP contribution in [-0.2, 0) is 12.8 Å². The van der Waals surface area contributed by atoms with Gasteiger partial charge in [0.15, 0.2) is 0 Å². The standard InChI is InChI=1S/C18H22FN/c1-4-13-6-7-15(11-14(13)5-2)18(20)17-9-8-16(19)10-12(17)3/h6-11,18H,4-5,20H2,1-3H3. The molecule has 106 valence electrons. The van der Waals surface area contributed by atoms with E-state index >= 15 is 0 Å². The van der Waals surface area contributed by atoms with Crippen LogP contribution in [0.3, 0.4) is 0 Å². The summed E-state index contributed by atoms with van der Waals surface area (Å²) in [5.41, 5.74) is 12.1. The lowest BCUT2D eigenvalue weighted by atomic mass is 9.92. The number of hydrogen-bond donors (Lipinski definition) is 1. The van der Waals surface area contributed by atoms with E-state index in [9.17, 15) is 4.39 Å². The maximum atomic E-state index is 13.2. The third kappa shape index (κ3) is 2.91. The van der Waals surface area contributed by atoms with Gasteiger partial charge in [0.1, 0.15) is 5.82 Å². The summed E-state index contributed by atoms with van der Waals surface area (Å²) in [5, 5.41) is 0. The summed E-state index contributed by atoms with van der Waals surface area (Å²) in [6.45, 7) is 6.23. The minimum atomic E-state index is -0.214. The molecule has 2 heteroatoms. The van der Waals surface area contributed by atoms with Gasteiger partial charge in [-0.15, -0.1) is 0 Å². The lowest BCUT2D eigenvalue weighted by Gasteiger charge is -2.17. The van der Waals surface area contributed by atoms with E-state index in [0.29, 0.717) is 0 Å². The summed E-state index contributed by atoms with van der Waals surface area (Å²) in [6.07, 6.45) is 2.04. The van der Waals surface area contributed by atoms with Gasteiger partial charge in [-0.25, -0.2) is 4.39 Å². The molecule has 0 heterocycles. The van der Waals surface area contributed by atoms with Crippen LogP contribution >= 0.6 is 0 Å². The molecule has 1 atom stereocenters. The van der Waals surface area contributed by atoms with Crippen LogP contribution in [0.15, 0.2) is 36.4 Å². The second-order valence-corrected chi connectivity index (χ2v) is 5.21. The van der Waals surface area contributed by atoms with Gasteiger partial charge in [-0.2, -0.15) is 0 Å². The predicted molar refractivity (Wildman–Crippen MR) is 82.4 cm³/mol. The zero-order valence-electron chi connectivity index (χ0n) is 12.4. The number of nitrogens with two attached hydrogens (primary N) is 1. The second-order valence-electron chi connectivity index (χ2n) is 5.21. The Morgan fingerprint density at radius 3 is 2.30 bits per heavy atom. The normalized spacial score (nSPS) is 12.4. The molecule has 0 aliphatic rings. The molecule has 2 aromatic carbocycles. The molecule has 0 bridgehead atoms. The molecule has 2 N–H and O–H groups in total. The van der Waals surface area contributed by atoms with Gasteiger partial charge in [-0.3, -0.25) is 0 Å². The van der Waals surface area contributed by atoms with Gasteiger partial charge >= 0.3 is 0 Å². The zero-order chi connectivity index (χ0) is 14.7. The van der Waals surface area contributed by atoms with E-state index in [4.69, 9.17) is 5.73 Å². The van der Waals surface area contributed by atoms with Crippen molar-refractivity contribution >= 4 is 0 Å². The third-order valence-electron chi connectivity index (χ3n) is 3.92. The summed E-state index contributed by atoms with van der Waals surface area (Å²) in [7, 11) is 0. The van der Waals surface area contributed by atoms with Crippen molar-refractivity contribution in [2.45, 2.75) is 39.7 Å². The Hall–Kier alpha value is -1.67. The number of aryl methyl sites for hydroxylation is 3. The van der Waals surface area contributed by atoms with E-state index in [0.717, 1.165) is 29.5 Å². The fourth-order valence-corrected chi connectivity index (χ4v) is 2.68. The predicted octanol–water partition coefficient (Wildman–Crippen LogP) is 4.31. The van der Waals surface area contributed by atoms with E-state index in [-0.39, 0.29) is 11.9 Å². The van der Waals surface area contributed by atoms with Crippen LogP contribution in [0.25, 0.3) is 0 Å². The van der Waals surface area contributed by atoms with Crippen LogP contribution in [0.4, 0.5) is 4.39 Å². The highest BCUT2D eigenvalue weighted by atomic mass is 19.1. The number of hydrogen-bond acceptors (Lipinski definition) is 1. The monoisotopic (exact) mass is 271 g/mol. The van der Waals surface area contributed by atoms with Gasteiger partial charge in [-0.1, -0.05) is 38.1 Å². The summed E-state index contributed by atoms with van der Waals surface area (Å²) >= 11 is 0. The Balaban J connectivity index is 2.40. The quantitative estimate of drug-likeness (QED) is 0.881. The first-order valence-corrected chi connectivity index (χ1v) is 7.20. The summed E-state index contributed by atoms with van der Waals surface area (Å²) in [4.78, 5) is 0. The van der Waals surface area contributed by atoms with Crippen molar-refractivity contribution in [3.63, 3.8) is 0 Å². The molecule has 0 amide bonds. The minimum Gasteiger partial charge on any atom is -0.320 e. The van der Waals surface area contributed by atoms with Crippen molar-refractivity contribution in [1.82, 2.24) is 0 Å². The largest absolute Gasteiger partial charge is 0.320 e. The first-order valence-electron chi connectivity index (χ1n) is 7.20. The molecule has 1 unspecified atom stereocenters. The molecule has 0 fully saturated rings. The van der Waals surface area contributed by atoms with Crippen molar-refractivity contribution < 1.29 is 4.39 Å². The lowest BCUT2D eigenvalue weighted by Crippen LogP contribution is -2.14. The highest BCUT2D eigenvalue weighted by Gasteiger charge is 2.13. The van der Waals surface area contributed by atoms with Gasteiger partial charge in [0.2, 0.25) is 0 Å². The van der Waals surface area contributed by atoms with Crippen molar-refractivity contribution in [3.05, 3.63) is 70.0 Å². The van der Waals surface area contributed by atoms with Crippen LogP contribution in [0.2, 0.25) is 0 Å². The van der Waals surface area contributed by atoms with Crippen LogP contribution in [0, 0.1) is 12.7 Å². The molecule has 0 spiro atoms. The number of benzene rings is 2. The zero-order valence-corrected chi connectivity index (χ0v) is 12.4. The second kappa shape index (κ2) is 6.19. The first-order chi connectivity index (χ1) is 9.56. The van der Waals surface area contributed by atoms with Gasteiger partial charge in [0.25, 0.3) is 0 Å². The number of halogens is 1. The van der Waals surface area contributed by atoms with Gasteiger partial charge < -0.3 is 5.73 Å². The lowest BCUT2D eigenvalue weighted by molar-refractivity contribution is 0.624. The minimum absolute atomic E-state index is 0.202. The van der Waals surface area contributed by atoms with E-state index < -0.39 is 0 Å². The van der Waals surface area contributed by atoms with E-state index in [1.165, 1.54) is 23.3 Å². The molecule has 1 nitrogen and oxygen atoms in total. The van der Waals surface area contributed by atoms with Crippen molar-refractivity contribution in [3.8, 4) is 0 Å². The average molecular weight is 271 g/mol. The van der Waals surface area contributed by atoms with Crippen LogP contribution < -0.4 is 5.73 Å². The summed E-state index contributed by atoms with van der Waals surface area (Å²) in [6, 6.07) is 11.0. The summed E-state index contributed by atoms with van der Waals surface area (Å²) in [5.74, 6) is -0.214. The van der Waals surface area contributed by atoms with Crippen molar-refractivity contribution in [1.29, 1.82) is 0 Å². The van der Waals surface area contributed by atoms with Crippen LogP contribution in [0.5, 0.6) is 0 Å². The first kappa shape index (κ1) is 14.7. The highest BCUT2D eigenvalue weighted by Crippen LogP contribution is 2.25. The molecule has 2 rings (SSSR count). The Morgan fingerprint density at radius 2 is 1.70 bits per heavy atom. The van der Waals surface area contributed by atoms with E-state index in [1.54, 1.807) is 6.07 Å². The van der Waals surface area contributed by atoms with Crippen LogP contribution in [-0.4, -0.2) is 0 Å². The maximum Gasteiger partial charge on any atom is 0.123 e. The highest BCUT2D eigenvalue weighted by molar-refractivity contribution is 5.40. The topological polar surface area (TPSA) is 26.0 Å². The SMILES string of the molecule is CCc1ccc(C(N)c2ccc(F)cc2C)cc1CC. The molecule has 0 saturated carbocycles. The van der Waals surface area contributed by atoms with Gasteiger partial charge in [0, 0.05) is 0 Å². The molecular weight excluding hydrogens is 249 g/mol. The van der Waals surface area contributed by atoms with Crippen LogP contribution in [0.1, 0.15) is 47.7 Å². The molecule has 0 aliphatic carbocycles. The molecule has 0 radical (unpaired) electrons. The average Bonchev–Trinajstić information content (AvgIpc) is 2.45. The maximum absolute atomic E-state index is 13.2. The third-order valence-corrected chi connectivity index (χ3v) is 3.92. The fraction of sp³-hybridized carbons (Fsp3) is 0.333. The molecule has 0 saturated heterocycles. The van der Waals surface area contributed by atoms with Crippen molar-refractivity contribution in [2.75, 3.05) is 0 Å². The van der Waals surface area contributed by atoms with E-state index in [1.807, 2.05) is 6.92 Å². The Labute approximate surface area is 120 Å². The molecule has 20 heavy (non-hydrogen) atoms. The van der Waals surface area contributed by atoms with Crippen molar-refractivity contribution in [2.24, 2.45) is 5.73 Å². The van der Waals surface area contributed by atoms with Gasteiger partial charge in [0.05, 0.1) is 6.04 Å². The van der Waals surface area contributed by atoms with E-state index in [2.05, 4.69) is 32.0 Å². The molecular formula is C18H22FN. The molecule has 0 aromatic heterocycles. The Kier molecular flexibility index (Phi) is 4.56. The Bertz CT molecular complexity index is 604. The fourth-order valence-electron chi connectivity index (χ4n) is 2.68. The molecule has 0 aliphatic heterocycles. The Morgan fingerprint density at radius 1 is 1.00 bits per heavy atom. The molecule has 2 aromatic rings. The summed E-state index contributed by atoms with van der Waals surface area (Å²) < 4.78 is 13.2. The van der Waals surface area contributed by atoms with Gasteiger partial charge in [-0.05, 0) is 59.7 Å².